The summed E-state index contributed by atoms with van der Waals surface area (Å²) < 4.78 is 77.4. The Bertz CT molecular complexity index is 482. The molecule has 1 atom stereocenters. The van der Waals surface area contributed by atoms with Crippen LogP contribution in [0, 0.1) is 0 Å². The van der Waals surface area contributed by atoms with Crippen LogP contribution >= 0.6 is 0 Å². The molecule has 1 fully saturated rings. The lowest BCUT2D eigenvalue weighted by molar-refractivity contribution is -0.188. The lowest BCUT2D eigenvalue weighted by Gasteiger charge is -2.37. The van der Waals surface area contributed by atoms with E-state index < -0.39 is 24.0 Å². The Balaban J connectivity index is 2.24. The molecule has 1 aliphatic heterocycles. The summed E-state index contributed by atoms with van der Waals surface area (Å²) in [6.07, 6.45) is -9.04. The lowest BCUT2D eigenvalue weighted by Crippen LogP contribution is -2.57. The Kier molecular flexibility index (Phi) is 4.48. The number of alkyl halides is 6. The van der Waals surface area contributed by atoms with Crippen LogP contribution in [0.4, 0.5) is 26.3 Å². The summed E-state index contributed by atoms with van der Waals surface area (Å²) in [5, 5.41) is 2.62. The van der Waals surface area contributed by atoms with Gasteiger partial charge in [-0.1, -0.05) is 18.2 Å². The Morgan fingerprint density at radius 3 is 2.38 bits per heavy atom. The molecule has 1 aliphatic rings. The highest BCUT2D eigenvalue weighted by molar-refractivity contribution is 5.29. The zero-order valence-electron chi connectivity index (χ0n) is 10.9. The Labute approximate surface area is 117 Å². The van der Waals surface area contributed by atoms with Gasteiger partial charge in [0.15, 0.2) is 0 Å². The van der Waals surface area contributed by atoms with E-state index in [-0.39, 0.29) is 25.2 Å². The molecule has 1 aromatic rings. The molecular formula is C13H14F6N2. The van der Waals surface area contributed by atoms with E-state index in [9.17, 15) is 26.3 Å². The smallest absolute Gasteiger partial charge is 0.314 e. The second-order valence-electron chi connectivity index (χ2n) is 4.89. The van der Waals surface area contributed by atoms with Crippen LogP contribution in [0.5, 0.6) is 0 Å². The number of hydrogen-bond acceptors (Lipinski definition) is 2. The molecule has 118 valence electrons. The molecule has 0 spiro atoms. The van der Waals surface area contributed by atoms with Crippen LogP contribution < -0.4 is 5.32 Å². The van der Waals surface area contributed by atoms with E-state index in [0.717, 1.165) is 11.0 Å². The van der Waals surface area contributed by atoms with E-state index in [2.05, 4.69) is 5.32 Å². The largest absolute Gasteiger partial charge is 0.416 e. The van der Waals surface area contributed by atoms with E-state index in [1.54, 1.807) is 0 Å². The SMILES string of the molecule is FC(F)(F)c1ccccc1CN1CCNCC1C(F)(F)F. The average molecular weight is 312 g/mol. The van der Waals surface area contributed by atoms with Crippen LogP contribution in [0.3, 0.4) is 0 Å². The van der Waals surface area contributed by atoms with Gasteiger partial charge < -0.3 is 5.32 Å². The minimum atomic E-state index is -4.57. The van der Waals surface area contributed by atoms with Gasteiger partial charge in [0.05, 0.1) is 5.56 Å². The third-order valence-corrected chi connectivity index (χ3v) is 3.43. The normalized spacial score (nSPS) is 21.5. The van der Waals surface area contributed by atoms with Crippen LogP contribution in [0.1, 0.15) is 11.1 Å². The zero-order valence-corrected chi connectivity index (χ0v) is 10.9. The summed E-state index contributed by atoms with van der Waals surface area (Å²) in [6.45, 7) is -0.309. The maximum Gasteiger partial charge on any atom is 0.416 e. The van der Waals surface area contributed by atoms with Crippen LogP contribution in [0.15, 0.2) is 24.3 Å². The summed E-state index contributed by atoms with van der Waals surface area (Å²) in [4.78, 5) is 1.04. The van der Waals surface area contributed by atoms with Crippen molar-refractivity contribution in [3.63, 3.8) is 0 Å². The summed E-state index contributed by atoms with van der Waals surface area (Å²) in [5.74, 6) is 0. The van der Waals surface area contributed by atoms with Gasteiger partial charge in [0, 0.05) is 26.2 Å². The van der Waals surface area contributed by atoms with Crippen molar-refractivity contribution in [2.24, 2.45) is 0 Å². The molecule has 0 amide bonds. The highest BCUT2D eigenvalue weighted by atomic mass is 19.4. The van der Waals surface area contributed by atoms with Gasteiger partial charge in [-0.3, -0.25) is 4.90 Å². The predicted molar refractivity (Wildman–Crippen MR) is 64.6 cm³/mol. The van der Waals surface area contributed by atoms with E-state index in [1.807, 2.05) is 0 Å². The number of benzene rings is 1. The van der Waals surface area contributed by atoms with Gasteiger partial charge in [0.1, 0.15) is 6.04 Å². The van der Waals surface area contributed by atoms with Crippen molar-refractivity contribution in [3.8, 4) is 0 Å². The molecule has 1 unspecified atom stereocenters. The first-order valence-electron chi connectivity index (χ1n) is 6.36. The first kappa shape index (κ1) is 16.1. The van der Waals surface area contributed by atoms with E-state index in [4.69, 9.17) is 0 Å². The molecule has 8 heteroatoms. The van der Waals surface area contributed by atoms with Crippen molar-refractivity contribution < 1.29 is 26.3 Å². The van der Waals surface area contributed by atoms with Crippen LogP contribution in [0.2, 0.25) is 0 Å². The molecule has 0 aromatic heterocycles. The van der Waals surface area contributed by atoms with Gasteiger partial charge in [-0.15, -0.1) is 0 Å². The van der Waals surface area contributed by atoms with Gasteiger partial charge >= 0.3 is 12.4 Å². The van der Waals surface area contributed by atoms with Crippen molar-refractivity contribution in [2.75, 3.05) is 19.6 Å². The molecule has 0 radical (unpaired) electrons. The van der Waals surface area contributed by atoms with E-state index in [1.165, 1.54) is 18.2 Å². The molecule has 21 heavy (non-hydrogen) atoms. The van der Waals surface area contributed by atoms with Crippen LogP contribution in [0.25, 0.3) is 0 Å². The second kappa shape index (κ2) is 5.84. The third kappa shape index (κ3) is 3.88. The van der Waals surface area contributed by atoms with Crippen LogP contribution in [-0.4, -0.2) is 36.8 Å². The van der Waals surface area contributed by atoms with Crippen molar-refractivity contribution in [3.05, 3.63) is 35.4 Å². The standard InChI is InChI=1S/C13H14F6N2/c14-12(15,16)10-4-2-1-3-9(10)8-21-6-5-20-7-11(21)13(17,18)19/h1-4,11,20H,5-8H2. The molecule has 0 bridgehead atoms. The topological polar surface area (TPSA) is 15.3 Å². The number of hydrogen-bond donors (Lipinski definition) is 1. The summed E-state index contributed by atoms with van der Waals surface area (Å²) in [7, 11) is 0. The van der Waals surface area contributed by atoms with Crippen molar-refractivity contribution in [1.82, 2.24) is 10.2 Å². The molecule has 1 N–H and O–H groups in total. The minimum Gasteiger partial charge on any atom is -0.314 e. The molecule has 2 nitrogen and oxygen atoms in total. The molecule has 1 heterocycles. The highest BCUT2D eigenvalue weighted by Gasteiger charge is 2.45. The molecule has 1 saturated heterocycles. The van der Waals surface area contributed by atoms with Crippen molar-refractivity contribution in [2.45, 2.75) is 24.9 Å². The van der Waals surface area contributed by atoms with Crippen molar-refractivity contribution >= 4 is 0 Å². The second-order valence-corrected chi connectivity index (χ2v) is 4.89. The Hall–Kier alpha value is -1.28. The average Bonchev–Trinajstić information content (AvgIpc) is 2.37. The molecule has 0 aliphatic carbocycles. The van der Waals surface area contributed by atoms with Gasteiger partial charge in [-0.05, 0) is 11.6 Å². The zero-order chi connectivity index (χ0) is 15.7. The van der Waals surface area contributed by atoms with Gasteiger partial charge in [0.25, 0.3) is 0 Å². The van der Waals surface area contributed by atoms with E-state index in [0.29, 0.717) is 6.54 Å². The van der Waals surface area contributed by atoms with Crippen LogP contribution in [-0.2, 0) is 12.7 Å². The third-order valence-electron chi connectivity index (χ3n) is 3.43. The first-order chi connectivity index (χ1) is 9.69. The number of piperazine rings is 1. The summed E-state index contributed by atoms with van der Waals surface area (Å²) in [5.41, 5.74) is -1.02. The summed E-state index contributed by atoms with van der Waals surface area (Å²) in [6, 6.07) is 2.96. The molecule has 1 aromatic carbocycles. The minimum absolute atomic E-state index is 0.0520. The van der Waals surface area contributed by atoms with Crippen molar-refractivity contribution in [1.29, 1.82) is 0 Å². The number of halogens is 6. The van der Waals surface area contributed by atoms with E-state index >= 15 is 0 Å². The Morgan fingerprint density at radius 1 is 1.10 bits per heavy atom. The molecular weight excluding hydrogens is 298 g/mol. The number of nitrogens with one attached hydrogen (secondary N) is 1. The maximum absolute atomic E-state index is 12.9. The highest BCUT2D eigenvalue weighted by Crippen LogP contribution is 2.34. The predicted octanol–water partition coefficient (Wildman–Crippen LogP) is 3.04. The molecule has 0 saturated carbocycles. The van der Waals surface area contributed by atoms with Gasteiger partial charge in [-0.25, -0.2) is 0 Å². The Morgan fingerprint density at radius 2 is 1.76 bits per heavy atom. The quantitative estimate of drug-likeness (QED) is 0.845. The molecule has 2 rings (SSSR count). The lowest BCUT2D eigenvalue weighted by atomic mass is 10.0. The fourth-order valence-corrected chi connectivity index (χ4v) is 2.41. The fourth-order valence-electron chi connectivity index (χ4n) is 2.41. The number of rotatable bonds is 2. The fraction of sp³-hybridized carbons (Fsp3) is 0.538. The van der Waals surface area contributed by atoms with Gasteiger partial charge in [0.2, 0.25) is 0 Å². The number of nitrogens with zero attached hydrogens (tertiary/aromatic N) is 1. The maximum atomic E-state index is 12.9. The monoisotopic (exact) mass is 312 g/mol. The summed E-state index contributed by atoms with van der Waals surface area (Å²) >= 11 is 0. The van der Waals surface area contributed by atoms with Gasteiger partial charge in [-0.2, -0.15) is 26.3 Å². The first-order valence-corrected chi connectivity index (χ1v) is 6.36.